The first-order valence-corrected chi connectivity index (χ1v) is 3.63. The molecule has 0 aromatic heterocycles. The van der Waals surface area contributed by atoms with Gasteiger partial charge in [-0.25, -0.2) is 0 Å². The summed E-state index contributed by atoms with van der Waals surface area (Å²) in [6.45, 7) is 0. The quantitative estimate of drug-likeness (QED) is 0.538. The van der Waals surface area contributed by atoms with Crippen LogP contribution >= 0.6 is 0 Å². The van der Waals surface area contributed by atoms with Crippen LogP contribution < -0.4 is 10.5 Å². The van der Waals surface area contributed by atoms with Crippen LogP contribution in [0.3, 0.4) is 0 Å². The fourth-order valence-electron chi connectivity index (χ4n) is 0.885. The maximum absolute atomic E-state index is 11.0. The molecule has 2 N–H and O–H groups in total. The fourth-order valence-corrected chi connectivity index (χ4v) is 0.885. The van der Waals surface area contributed by atoms with Gasteiger partial charge in [0.15, 0.2) is 0 Å². The van der Waals surface area contributed by atoms with E-state index in [0.717, 1.165) is 0 Å². The Hall–Kier alpha value is -1.84. The summed E-state index contributed by atoms with van der Waals surface area (Å²) >= 11 is 0. The third kappa shape index (κ3) is 2.05. The summed E-state index contributed by atoms with van der Waals surface area (Å²) in [5, 5.41) is 0. The first-order chi connectivity index (χ1) is 6.15. The summed E-state index contributed by atoms with van der Waals surface area (Å²) < 4.78 is 4.88. The number of carbonyl (C=O) groups is 2. The molecule has 4 heteroatoms. The van der Waals surface area contributed by atoms with E-state index < -0.39 is 11.7 Å². The van der Waals surface area contributed by atoms with Crippen LogP contribution in [-0.4, -0.2) is 18.8 Å². The average Bonchev–Trinajstić information content (AvgIpc) is 2.17. The molecule has 0 aliphatic heterocycles. The molecule has 1 aromatic rings. The van der Waals surface area contributed by atoms with Gasteiger partial charge in [-0.15, -0.1) is 0 Å². The minimum absolute atomic E-state index is 0.272. The molecule has 1 amide bonds. The number of amides is 1. The molecule has 0 bridgehead atoms. The maximum Gasteiger partial charge on any atom is 0.289 e. The maximum atomic E-state index is 11.0. The van der Waals surface area contributed by atoms with Crippen molar-refractivity contribution in [2.75, 3.05) is 7.11 Å². The van der Waals surface area contributed by atoms with E-state index in [1.807, 2.05) is 0 Å². The van der Waals surface area contributed by atoms with Gasteiger partial charge in [0.05, 0.1) is 7.11 Å². The molecule has 0 aliphatic rings. The van der Waals surface area contributed by atoms with Gasteiger partial charge in [-0.05, 0) is 24.3 Å². The van der Waals surface area contributed by atoms with Crippen molar-refractivity contribution in [3.63, 3.8) is 0 Å². The lowest BCUT2D eigenvalue weighted by Gasteiger charge is -1.99. The predicted octanol–water partition coefficient (Wildman–Crippen LogP) is 0.363. The summed E-state index contributed by atoms with van der Waals surface area (Å²) in [5.41, 5.74) is 5.09. The number of ketones is 1. The lowest BCUT2D eigenvalue weighted by atomic mass is 10.1. The molecule has 0 radical (unpaired) electrons. The van der Waals surface area contributed by atoms with Crippen LogP contribution in [0.15, 0.2) is 24.3 Å². The number of methoxy groups -OCH3 is 1. The van der Waals surface area contributed by atoms with Crippen LogP contribution in [-0.2, 0) is 4.79 Å². The number of Topliss-reactive ketones (excluding diaryl/α,β-unsaturated/α-hetero) is 1. The van der Waals surface area contributed by atoms with Gasteiger partial charge in [-0.1, -0.05) is 0 Å². The van der Waals surface area contributed by atoms with Gasteiger partial charge in [-0.2, -0.15) is 0 Å². The van der Waals surface area contributed by atoms with Crippen molar-refractivity contribution >= 4 is 11.7 Å². The number of rotatable bonds is 3. The van der Waals surface area contributed by atoms with Gasteiger partial charge < -0.3 is 10.5 Å². The lowest BCUT2D eigenvalue weighted by molar-refractivity contribution is -0.114. The second-order valence-electron chi connectivity index (χ2n) is 2.42. The first kappa shape index (κ1) is 9.25. The van der Waals surface area contributed by atoms with E-state index in [2.05, 4.69) is 0 Å². The minimum Gasteiger partial charge on any atom is -0.497 e. The molecule has 0 spiro atoms. The van der Waals surface area contributed by atoms with Crippen LogP contribution in [0.2, 0.25) is 0 Å². The van der Waals surface area contributed by atoms with Gasteiger partial charge >= 0.3 is 0 Å². The normalized spacial score (nSPS) is 9.31. The minimum atomic E-state index is -0.954. The zero-order valence-corrected chi connectivity index (χ0v) is 7.11. The molecule has 0 aliphatic carbocycles. The average molecular weight is 179 g/mol. The zero-order chi connectivity index (χ0) is 9.84. The van der Waals surface area contributed by atoms with Crippen LogP contribution in [0.1, 0.15) is 10.4 Å². The number of benzene rings is 1. The Balaban J connectivity index is 2.92. The Bertz CT molecular complexity index is 329. The summed E-state index contributed by atoms with van der Waals surface area (Å²) in [6, 6.07) is 6.17. The Morgan fingerprint density at radius 1 is 1.23 bits per heavy atom. The fraction of sp³-hybridized carbons (Fsp3) is 0.111. The molecular weight excluding hydrogens is 170 g/mol. The van der Waals surface area contributed by atoms with Crippen LogP contribution in [0, 0.1) is 0 Å². The van der Waals surface area contributed by atoms with E-state index in [9.17, 15) is 9.59 Å². The molecule has 0 saturated carbocycles. The Morgan fingerprint density at radius 2 is 1.77 bits per heavy atom. The highest BCUT2D eigenvalue weighted by atomic mass is 16.5. The van der Waals surface area contributed by atoms with E-state index >= 15 is 0 Å². The van der Waals surface area contributed by atoms with Crippen molar-refractivity contribution < 1.29 is 14.3 Å². The van der Waals surface area contributed by atoms with Gasteiger partial charge in [-0.3, -0.25) is 9.59 Å². The Morgan fingerprint density at radius 3 is 2.15 bits per heavy atom. The standard InChI is InChI=1S/C9H9NO3/c1-13-7-4-2-6(3-5-7)8(11)9(10)12/h2-5H,1H3,(H2,10,12). The van der Waals surface area contributed by atoms with Crippen molar-refractivity contribution in [3.05, 3.63) is 29.8 Å². The number of carbonyl (C=O) groups excluding carboxylic acids is 2. The molecule has 1 rings (SSSR count). The number of hydrogen-bond donors (Lipinski definition) is 1. The number of ether oxygens (including phenoxy) is 1. The highest BCUT2D eigenvalue weighted by Crippen LogP contribution is 2.11. The van der Waals surface area contributed by atoms with Crippen molar-refractivity contribution in [3.8, 4) is 5.75 Å². The second-order valence-corrected chi connectivity index (χ2v) is 2.42. The smallest absolute Gasteiger partial charge is 0.289 e. The van der Waals surface area contributed by atoms with Gasteiger partial charge in [0.2, 0.25) is 5.78 Å². The van der Waals surface area contributed by atoms with E-state index in [1.165, 1.54) is 19.2 Å². The van der Waals surface area contributed by atoms with Gasteiger partial charge in [0.25, 0.3) is 5.91 Å². The highest BCUT2D eigenvalue weighted by Gasteiger charge is 2.11. The third-order valence-electron chi connectivity index (χ3n) is 1.58. The summed E-state index contributed by atoms with van der Waals surface area (Å²) in [4.78, 5) is 21.5. The highest BCUT2D eigenvalue weighted by molar-refractivity contribution is 6.42. The molecular formula is C9H9NO3. The van der Waals surface area contributed by atoms with E-state index in [-0.39, 0.29) is 5.56 Å². The third-order valence-corrected chi connectivity index (χ3v) is 1.58. The van der Waals surface area contributed by atoms with Gasteiger partial charge in [0, 0.05) is 5.56 Å². The molecule has 0 heterocycles. The van der Waals surface area contributed by atoms with Crippen LogP contribution in [0.4, 0.5) is 0 Å². The van der Waals surface area contributed by atoms with Crippen molar-refractivity contribution in [2.24, 2.45) is 5.73 Å². The molecule has 13 heavy (non-hydrogen) atoms. The number of primary amides is 1. The summed E-state index contributed by atoms with van der Waals surface area (Å²) in [6.07, 6.45) is 0. The summed E-state index contributed by atoms with van der Waals surface area (Å²) in [5.74, 6) is -1.02. The monoisotopic (exact) mass is 179 g/mol. The van der Waals surface area contributed by atoms with E-state index in [1.54, 1.807) is 12.1 Å². The van der Waals surface area contributed by atoms with E-state index in [4.69, 9.17) is 10.5 Å². The molecule has 4 nitrogen and oxygen atoms in total. The predicted molar refractivity (Wildman–Crippen MR) is 46.5 cm³/mol. The molecule has 68 valence electrons. The first-order valence-electron chi connectivity index (χ1n) is 3.63. The summed E-state index contributed by atoms with van der Waals surface area (Å²) in [7, 11) is 1.52. The largest absolute Gasteiger partial charge is 0.497 e. The molecule has 0 unspecified atom stereocenters. The van der Waals surface area contributed by atoms with Crippen molar-refractivity contribution in [2.45, 2.75) is 0 Å². The topological polar surface area (TPSA) is 69.4 Å². The molecule has 0 atom stereocenters. The Kier molecular flexibility index (Phi) is 2.64. The van der Waals surface area contributed by atoms with Gasteiger partial charge in [0.1, 0.15) is 5.75 Å². The van der Waals surface area contributed by atoms with Crippen molar-refractivity contribution in [1.29, 1.82) is 0 Å². The lowest BCUT2D eigenvalue weighted by Crippen LogP contribution is -2.22. The van der Waals surface area contributed by atoms with E-state index in [0.29, 0.717) is 5.75 Å². The number of nitrogens with two attached hydrogens (primary N) is 1. The molecule has 1 aromatic carbocycles. The van der Waals surface area contributed by atoms with Crippen LogP contribution in [0.25, 0.3) is 0 Å². The SMILES string of the molecule is COc1ccc(C(=O)C(N)=O)cc1. The zero-order valence-electron chi connectivity index (χ0n) is 7.11. The van der Waals surface area contributed by atoms with Crippen molar-refractivity contribution in [1.82, 2.24) is 0 Å². The molecule has 0 saturated heterocycles. The van der Waals surface area contributed by atoms with Crippen LogP contribution in [0.5, 0.6) is 5.75 Å². The number of hydrogen-bond acceptors (Lipinski definition) is 3. The molecule has 0 fully saturated rings. The second kappa shape index (κ2) is 3.71. The Labute approximate surface area is 75.3 Å².